The van der Waals surface area contributed by atoms with E-state index in [0.717, 1.165) is 4.47 Å². The molecule has 0 N–H and O–H groups in total. The number of esters is 1. The first-order chi connectivity index (χ1) is 8.31. The summed E-state index contributed by atoms with van der Waals surface area (Å²) in [5.41, 5.74) is 0.132. The molecule has 0 spiro atoms. The lowest BCUT2D eigenvalue weighted by atomic mass is 10.2. The summed E-state index contributed by atoms with van der Waals surface area (Å²) in [7, 11) is 1.57. The van der Waals surface area contributed by atoms with Crippen LogP contribution in [0.3, 0.4) is 0 Å². The quantitative estimate of drug-likeness (QED) is 0.635. The fourth-order valence-corrected chi connectivity index (χ4v) is 1.55. The summed E-state index contributed by atoms with van der Waals surface area (Å²) < 4.78 is 11.0. The van der Waals surface area contributed by atoms with Crippen molar-refractivity contribution in [1.29, 1.82) is 0 Å². The predicted octanol–water partition coefficient (Wildman–Crippen LogP) is 3.21. The van der Waals surface area contributed by atoms with Crippen LogP contribution in [-0.4, -0.2) is 23.7 Å². The van der Waals surface area contributed by atoms with Crippen molar-refractivity contribution in [2.45, 2.75) is 26.4 Å². The van der Waals surface area contributed by atoms with Crippen molar-refractivity contribution in [3.63, 3.8) is 0 Å². The number of carbonyl (C=O) groups is 1. The van der Waals surface area contributed by atoms with E-state index >= 15 is 0 Å². The minimum Gasteiger partial charge on any atom is -0.495 e. The highest BCUT2D eigenvalue weighted by Gasteiger charge is 2.13. The first-order valence-corrected chi connectivity index (χ1v) is 6.22. The Morgan fingerprint density at radius 1 is 1.44 bits per heavy atom. The highest BCUT2D eigenvalue weighted by molar-refractivity contribution is 9.10. The van der Waals surface area contributed by atoms with Crippen LogP contribution >= 0.6 is 15.9 Å². The van der Waals surface area contributed by atoms with Crippen LogP contribution in [0.4, 0.5) is 0 Å². The number of nitrogens with zero attached hydrogens (tertiary/aromatic N) is 1. The number of hydrogen-bond acceptors (Lipinski definition) is 4. The second-order valence-electron chi connectivity index (χ2n) is 4.61. The van der Waals surface area contributed by atoms with Gasteiger partial charge in [0, 0.05) is 18.3 Å². The molecule has 0 atom stereocenters. The Morgan fingerprint density at radius 3 is 2.67 bits per heavy atom. The molecule has 0 aliphatic carbocycles. The molecule has 18 heavy (non-hydrogen) atoms. The number of pyridine rings is 1. The summed E-state index contributed by atoms with van der Waals surface area (Å²) in [5.74, 6) is 0.264. The zero-order valence-electron chi connectivity index (χ0n) is 10.9. The van der Waals surface area contributed by atoms with Gasteiger partial charge in [-0.1, -0.05) is 0 Å². The first-order valence-electron chi connectivity index (χ1n) is 5.42. The lowest BCUT2D eigenvalue weighted by molar-refractivity contribution is -0.148. The third kappa shape index (κ3) is 4.87. The molecule has 5 heteroatoms. The van der Waals surface area contributed by atoms with Gasteiger partial charge in [0.1, 0.15) is 11.4 Å². The highest BCUT2D eigenvalue weighted by Crippen LogP contribution is 2.24. The molecule has 1 aromatic rings. The van der Waals surface area contributed by atoms with Crippen LogP contribution in [0.15, 0.2) is 22.8 Å². The molecule has 0 aromatic carbocycles. The predicted molar refractivity (Wildman–Crippen MR) is 73.4 cm³/mol. The highest BCUT2D eigenvalue weighted by atomic mass is 79.9. The molecule has 1 aromatic heterocycles. The van der Waals surface area contributed by atoms with E-state index < -0.39 is 11.6 Å². The maximum atomic E-state index is 11.5. The number of aromatic nitrogens is 1. The smallest absolute Gasteiger partial charge is 0.331 e. The van der Waals surface area contributed by atoms with Gasteiger partial charge in [0.25, 0.3) is 0 Å². The number of hydrogen-bond donors (Lipinski definition) is 0. The van der Waals surface area contributed by atoms with Crippen molar-refractivity contribution in [3.8, 4) is 5.75 Å². The maximum absolute atomic E-state index is 11.5. The molecule has 0 unspecified atom stereocenters. The minimum absolute atomic E-state index is 0.397. The van der Waals surface area contributed by atoms with Crippen LogP contribution in [0.5, 0.6) is 5.75 Å². The van der Waals surface area contributed by atoms with Crippen molar-refractivity contribution in [1.82, 2.24) is 4.98 Å². The maximum Gasteiger partial charge on any atom is 0.331 e. The Labute approximate surface area is 115 Å². The van der Waals surface area contributed by atoms with Crippen molar-refractivity contribution in [2.75, 3.05) is 7.11 Å². The lowest BCUT2D eigenvalue weighted by Gasteiger charge is -2.17. The summed E-state index contributed by atoms with van der Waals surface area (Å²) >= 11 is 3.31. The van der Waals surface area contributed by atoms with E-state index in [1.165, 1.54) is 6.08 Å². The fraction of sp³-hybridized carbons (Fsp3) is 0.385. The van der Waals surface area contributed by atoms with Gasteiger partial charge in [-0.3, -0.25) is 4.98 Å². The summed E-state index contributed by atoms with van der Waals surface area (Å²) in [4.78, 5) is 15.6. The van der Waals surface area contributed by atoms with E-state index in [1.54, 1.807) is 25.4 Å². The van der Waals surface area contributed by atoms with E-state index in [0.29, 0.717) is 11.4 Å². The summed E-state index contributed by atoms with van der Waals surface area (Å²) in [6, 6.07) is 1.73. The van der Waals surface area contributed by atoms with Gasteiger partial charge in [0.2, 0.25) is 0 Å². The average molecular weight is 314 g/mol. The molecule has 98 valence electrons. The van der Waals surface area contributed by atoms with Crippen LogP contribution in [0.1, 0.15) is 26.5 Å². The zero-order chi connectivity index (χ0) is 13.8. The molecule has 0 saturated carbocycles. The number of ether oxygens (including phenoxy) is 2. The van der Waals surface area contributed by atoms with E-state index in [9.17, 15) is 4.79 Å². The van der Waals surface area contributed by atoms with Crippen molar-refractivity contribution in [2.24, 2.45) is 0 Å². The van der Waals surface area contributed by atoms with Crippen molar-refractivity contribution < 1.29 is 14.3 Å². The Hall–Kier alpha value is -1.36. The Morgan fingerprint density at radius 2 is 2.11 bits per heavy atom. The fourth-order valence-electron chi connectivity index (χ4n) is 1.17. The van der Waals surface area contributed by atoms with E-state index in [1.807, 2.05) is 20.8 Å². The Kier molecular flexibility index (Phi) is 4.90. The van der Waals surface area contributed by atoms with Crippen LogP contribution in [-0.2, 0) is 9.53 Å². The molecule has 0 fully saturated rings. The van der Waals surface area contributed by atoms with Gasteiger partial charge in [-0.2, -0.15) is 0 Å². The lowest BCUT2D eigenvalue weighted by Crippen LogP contribution is -2.22. The molecular formula is C13H16BrNO3. The number of halogens is 1. The van der Waals surface area contributed by atoms with Crippen LogP contribution in [0, 0.1) is 0 Å². The minimum atomic E-state index is -0.494. The molecule has 0 bridgehead atoms. The number of rotatable bonds is 3. The summed E-state index contributed by atoms with van der Waals surface area (Å²) in [6.45, 7) is 5.46. The van der Waals surface area contributed by atoms with Crippen LogP contribution in [0.2, 0.25) is 0 Å². The molecule has 0 aliphatic heterocycles. The van der Waals surface area contributed by atoms with Gasteiger partial charge in [-0.25, -0.2) is 4.79 Å². The Bertz CT molecular complexity index is 464. The molecule has 1 rings (SSSR count). The number of carbonyl (C=O) groups excluding carboxylic acids is 1. The molecule has 0 aliphatic rings. The van der Waals surface area contributed by atoms with Gasteiger partial charge in [-0.05, 0) is 42.8 Å². The number of methoxy groups -OCH3 is 1. The van der Waals surface area contributed by atoms with Gasteiger partial charge >= 0.3 is 5.97 Å². The zero-order valence-corrected chi connectivity index (χ0v) is 12.4. The third-order valence-electron chi connectivity index (χ3n) is 1.86. The summed E-state index contributed by atoms with van der Waals surface area (Å²) in [5, 5.41) is 0. The van der Waals surface area contributed by atoms with Crippen molar-refractivity contribution in [3.05, 3.63) is 28.5 Å². The van der Waals surface area contributed by atoms with E-state index in [2.05, 4.69) is 20.9 Å². The molecule has 1 heterocycles. The second kappa shape index (κ2) is 6.00. The van der Waals surface area contributed by atoms with Crippen LogP contribution < -0.4 is 4.74 Å². The third-order valence-corrected chi connectivity index (χ3v) is 2.45. The SMILES string of the molecule is COc1cc(C=CC(=O)OC(C)(C)C)ncc1Br. The monoisotopic (exact) mass is 313 g/mol. The molecule has 0 amide bonds. The van der Waals surface area contributed by atoms with Crippen molar-refractivity contribution >= 4 is 28.0 Å². The van der Waals surface area contributed by atoms with Gasteiger partial charge in [0.15, 0.2) is 0 Å². The molecular weight excluding hydrogens is 298 g/mol. The normalized spacial score (nSPS) is 11.6. The largest absolute Gasteiger partial charge is 0.495 e. The van der Waals surface area contributed by atoms with Gasteiger partial charge < -0.3 is 9.47 Å². The van der Waals surface area contributed by atoms with Gasteiger partial charge in [0.05, 0.1) is 17.3 Å². The average Bonchev–Trinajstić information content (AvgIpc) is 2.25. The second-order valence-corrected chi connectivity index (χ2v) is 5.46. The van der Waals surface area contributed by atoms with Gasteiger partial charge in [-0.15, -0.1) is 0 Å². The van der Waals surface area contributed by atoms with E-state index in [4.69, 9.17) is 9.47 Å². The van der Waals surface area contributed by atoms with E-state index in [-0.39, 0.29) is 0 Å². The summed E-state index contributed by atoms with van der Waals surface area (Å²) in [6.07, 6.45) is 4.55. The molecule has 0 saturated heterocycles. The van der Waals surface area contributed by atoms with Crippen LogP contribution in [0.25, 0.3) is 6.08 Å². The molecule has 4 nitrogen and oxygen atoms in total. The Balaban J connectivity index is 2.76. The topological polar surface area (TPSA) is 48.4 Å². The standard InChI is InChI=1S/C13H16BrNO3/c1-13(2,3)18-12(16)6-5-9-7-11(17-4)10(14)8-15-9/h5-8H,1-4H3. The first kappa shape index (κ1) is 14.7. The molecule has 0 radical (unpaired) electrons.